The Kier molecular flexibility index (Phi) is 7.63. The first-order valence-electron chi connectivity index (χ1n) is 8.49. The fourth-order valence-electron chi connectivity index (χ4n) is 2.27. The van der Waals surface area contributed by atoms with Crippen molar-refractivity contribution in [3.05, 3.63) is 29.8 Å². The Balaban J connectivity index is 1.89. The van der Waals surface area contributed by atoms with Crippen LogP contribution in [0.4, 0.5) is 10.8 Å². The van der Waals surface area contributed by atoms with Crippen LogP contribution in [0.25, 0.3) is 0 Å². The highest BCUT2D eigenvalue weighted by Crippen LogP contribution is 2.28. The van der Waals surface area contributed by atoms with E-state index >= 15 is 0 Å². The monoisotopic (exact) mass is 428 g/mol. The lowest BCUT2D eigenvalue weighted by Gasteiger charge is -2.22. The quantitative estimate of drug-likeness (QED) is 0.485. The highest BCUT2D eigenvalue weighted by atomic mass is 32.2. The third kappa shape index (κ3) is 7.11. The van der Waals surface area contributed by atoms with E-state index < -0.39 is 10.0 Å². The number of thioether (sulfide) groups is 1. The fourth-order valence-corrected chi connectivity index (χ4v) is 5.23. The summed E-state index contributed by atoms with van der Waals surface area (Å²) in [5, 5.41) is 11.6. The number of hydrogen-bond acceptors (Lipinski definition) is 7. The number of amides is 1. The molecule has 10 heteroatoms. The molecule has 2 rings (SSSR count). The van der Waals surface area contributed by atoms with Crippen molar-refractivity contribution < 1.29 is 13.2 Å². The van der Waals surface area contributed by atoms with E-state index in [1.807, 2.05) is 19.1 Å². The minimum absolute atomic E-state index is 0.199. The van der Waals surface area contributed by atoms with Crippen molar-refractivity contribution in [2.75, 3.05) is 22.4 Å². The van der Waals surface area contributed by atoms with Crippen LogP contribution in [0.2, 0.25) is 0 Å². The fraction of sp³-hybridized carbons (Fsp3) is 0.471. The Morgan fingerprint density at radius 1 is 1.26 bits per heavy atom. The van der Waals surface area contributed by atoms with Crippen LogP contribution in [0.15, 0.2) is 28.6 Å². The Labute approximate surface area is 168 Å². The van der Waals surface area contributed by atoms with E-state index in [1.54, 1.807) is 23.9 Å². The van der Waals surface area contributed by atoms with E-state index in [2.05, 4.69) is 29.4 Å². The third-order valence-electron chi connectivity index (χ3n) is 3.48. The largest absolute Gasteiger partial charge is 0.301 e. The summed E-state index contributed by atoms with van der Waals surface area (Å²) in [4.78, 5) is 12.1. The number of aromatic nitrogens is 2. The summed E-state index contributed by atoms with van der Waals surface area (Å²) in [7, 11) is -3.42. The molecule has 0 aliphatic rings. The maximum Gasteiger partial charge on any atom is 0.232 e. The summed E-state index contributed by atoms with van der Waals surface area (Å²) in [6, 6.07) is 7.27. The molecule has 0 saturated heterocycles. The zero-order valence-corrected chi connectivity index (χ0v) is 18.2. The van der Waals surface area contributed by atoms with E-state index in [1.165, 1.54) is 21.9 Å². The van der Waals surface area contributed by atoms with Gasteiger partial charge in [-0.1, -0.05) is 54.6 Å². The molecule has 148 valence electrons. The van der Waals surface area contributed by atoms with Crippen molar-refractivity contribution in [2.24, 2.45) is 0 Å². The number of rotatable bonds is 9. The van der Waals surface area contributed by atoms with Gasteiger partial charge < -0.3 is 5.32 Å². The van der Waals surface area contributed by atoms with Crippen LogP contribution < -0.4 is 9.62 Å². The molecule has 1 N–H and O–H groups in total. The molecule has 0 spiro atoms. The number of aryl methyl sites for hydroxylation is 1. The molecule has 7 nitrogen and oxygen atoms in total. The Bertz CT molecular complexity index is 864. The Hall–Kier alpha value is -1.65. The highest BCUT2D eigenvalue weighted by molar-refractivity contribution is 8.01. The summed E-state index contributed by atoms with van der Waals surface area (Å²) in [5.74, 6) is -0.204. The third-order valence-corrected chi connectivity index (χ3v) is 6.60. The molecule has 0 radical (unpaired) electrons. The van der Waals surface area contributed by atoms with Crippen molar-refractivity contribution in [1.82, 2.24) is 10.2 Å². The molecule has 1 amide bonds. The van der Waals surface area contributed by atoms with Gasteiger partial charge in [0.05, 0.1) is 11.9 Å². The van der Waals surface area contributed by atoms with Crippen LogP contribution in [0.3, 0.4) is 0 Å². The predicted octanol–water partition coefficient (Wildman–Crippen LogP) is 3.53. The molecular formula is C17H24N4O3S3. The van der Waals surface area contributed by atoms with Crippen LogP contribution in [-0.2, 0) is 14.8 Å². The van der Waals surface area contributed by atoms with E-state index in [-0.39, 0.29) is 18.9 Å². The minimum atomic E-state index is -3.42. The van der Waals surface area contributed by atoms with Crippen LogP contribution in [0.5, 0.6) is 0 Å². The van der Waals surface area contributed by atoms with Gasteiger partial charge in [-0.2, -0.15) is 0 Å². The second kappa shape index (κ2) is 9.52. The van der Waals surface area contributed by atoms with Crippen molar-refractivity contribution in [1.29, 1.82) is 0 Å². The molecule has 1 aromatic heterocycles. The number of hydrogen-bond donors (Lipinski definition) is 1. The number of nitrogens with one attached hydrogen (secondary N) is 1. The average Bonchev–Trinajstić information content (AvgIpc) is 2.97. The number of nitrogens with zero attached hydrogens (tertiary/aromatic N) is 3. The molecule has 1 aromatic carbocycles. The summed E-state index contributed by atoms with van der Waals surface area (Å²) < 4.78 is 26.3. The molecule has 0 aliphatic carbocycles. The molecule has 0 atom stereocenters. The molecule has 0 bridgehead atoms. The van der Waals surface area contributed by atoms with E-state index in [0.29, 0.717) is 22.5 Å². The SMILES string of the molecule is Cc1ccc(N(CCCC(=O)Nc2nnc(SC(C)C)s2)S(C)(=O)=O)cc1. The van der Waals surface area contributed by atoms with Gasteiger partial charge in [0.15, 0.2) is 4.34 Å². The number of carbonyl (C=O) groups is 1. The second-order valence-electron chi connectivity index (χ2n) is 6.36. The summed E-state index contributed by atoms with van der Waals surface area (Å²) in [6.45, 7) is 6.30. The number of anilines is 2. The van der Waals surface area contributed by atoms with Gasteiger partial charge in [0, 0.05) is 18.2 Å². The Morgan fingerprint density at radius 2 is 1.93 bits per heavy atom. The summed E-state index contributed by atoms with van der Waals surface area (Å²) >= 11 is 2.92. The van der Waals surface area contributed by atoms with Crippen molar-refractivity contribution in [3.63, 3.8) is 0 Å². The molecule has 27 heavy (non-hydrogen) atoms. The summed E-state index contributed by atoms with van der Waals surface area (Å²) in [5.41, 5.74) is 1.65. The molecule has 0 aliphatic heterocycles. The normalized spacial score (nSPS) is 11.6. The first kappa shape index (κ1) is 21.6. The van der Waals surface area contributed by atoms with E-state index in [9.17, 15) is 13.2 Å². The highest BCUT2D eigenvalue weighted by Gasteiger charge is 2.18. The Morgan fingerprint density at radius 3 is 2.52 bits per heavy atom. The molecule has 2 aromatic rings. The first-order chi connectivity index (χ1) is 12.6. The topological polar surface area (TPSA) is 92.3 Å². The van der Waals surface area contributed by atoms with Gasteiger partial charge in [-0.3, -0.25) is 9.10 Å². The van der Waals surface area contributed by atoms with Gasteiger partial charge in [-0.15, -0.1) is 10.2 Å². The number of carbonyl (C=O) groups excluding carboxylic acids is 1. The van der Waals surface area contributed by atoms with Crippen LogP contribution in [-0.4, -0.2) is 42.6 Å². The molecule has 0 unspecified atom stereocenters. The lowest BCUT2D eigenvalue weighted by atomic mass is 10.2. The molecule has 1 heterocycles. The van der Waals surface area contributed by atoms with Crippen molar-refractivity contribution in [2.45, 2.75) is 43.2 Å². The van der Waals surface area contributed by atoms with Crippen LogP contribution in [0.1, 0.15) is 32.3 Å². The van der Waals surface area contributed by atoms with Gasteiger partial charge >= 0.3 is 0 Å². The number of sulfonamides is 1. The van der Waals surface area contributed by atoms with Gasteiger partial charge in [0.25, 0.3) is 0 Å². The first-order valence-corrected chi connectivity index (χ1v) is 12.0. The predicted molar refractivity (Wildman–Crippen MR) is 112 cm³/mol. The zero-order valence-electron chi connectivity index (χ0n) is 15.8. The minimum Gasteiger partial charge on any atom is -0.301 e. The van der Waals surface area contributed by atoms with Gasteiger partial charge in [0.1, 0.15) is 0 Å². The van der Waals surface area contributed by atoms with Gasteiger partial charge in [-0.05, 0) is 25.5 Å². The average molecular weight is 429 g/mol. The smallest absolute Gasteiger partial charge is 0.232 e. The standard InChI is InChI=1S/C17H24N4O3S3/c1-12(2)25-17-20-19-16(26-17)18-15(22)6-5-11-21(27(4,23)24)14-9-7-13(3)8-10-14/h7-10,12H,5-6,11H2,1-4H3,(H,18,19,22). The molecule has 0 fully saturated rings. The number of benzene rings is 1. The van der Waals surface area contributed by atoms with Crippen molar-refractivity contribution >= 4 is 49.8 Å². The zero-order chi connectivity index (χ0) is 20.0. The lowest BCUT2D eigenvalue weighted by Crippen LogP contribution is -2.31. The van der Waals surface area contributed by atoms with Gasteiger partial charge in [0.2, 0.25) is 21.1 Å². The van der Waals surface area contributed by atoms with Crippen LogP contribution in [0, 0.1) is 6.92 Å². The maximum absolute atomic E-state index is 12.1. The van der Waals surface area contributed by atoms with E-state index in [4.69, 9.17) is 0 Å². The lowest BCUT2D eigenvalue weighted by molar-refractivity contribution is -0.116. The van der Waals surface area contributed by atoms with Gasteiger partial charge in [-0.25, -0.2) is 8.42 Å². The van der Waals surface area contributed by atoms with E-state index in [0.717, 1.165) is 9.90 Å². The maximum atomic E-state index is 12.1. The summed E-state index contributed by atoms with van der Waals surface area (Å²) in [6.07, 6.45) is 1.77. The molecule has 0 saturated carbocycles. The molecular weight excluding hydrogens is 404 g/mol. The second-order valence-corrected chi connectivity index (χ2v) is 11.1. The van der Waals surface area contributed by atoms with Crippen LogP contribution >= 0.6 is 23.1 Å². The van der Waals surface area contributed by atoms with Crippen molar-refractivity contribution in [3.8, 4) is 0 Å².